The molecule has 14 heteroatoms. The first-order valence-electron chi connectivity index (χ1n) is 14.5. The van der Waals surface area contributed by atoms with Crippen molar-refractivity contribution in [3.63, 3.8) is 0 Å². The molecule has 1 aromatic heterocycles. The van der Waals surface area contributed by atoms with Crippen LogP contribution in [0, 0.1) is 6.92 Å². The van der Waals surface area contributed by atoms with Gasteiger partial charge < -0.3 is 18.7 Å². The largest absolute Gasteiger partial charge is 0.466 e. The van der Waals surface area contributed by atoms with Gasteiger partial charge in [-0.15, -0.1) is 0 Å². The maximum absolute atomic E-state index is 14.1. The standard InChI is InChI=1S/C29H43FN3O9P/c1-4-6-11-15-39-26(34)17-25(28(36)40-16-12-7-5-2)32-43(38,42-23-13-9-8-10-14-23)21-41-24(18-30)20-33-19-22(3)27(35)31-29(33)37/h8-10,13-14,19,24-25H,4-7,11-12,15-18,20-21H2,1-3H3,(H,32,38)(H,31,35,37)/t24-,25+,43?/m1/s1. The Morgan fingerprint density at radius 3 is 2.30 bits per heavy atom. The van der Waals surface area contributed by atoms with Crippen LogP contribution in [0.25, 0.3) is 0 Å². The van der Waals surface area contributed by atoms with Gasteiger partial charge in [0.05, 0.1) is 26.2 Å². The van der Waals surface area contributed by atoms with Gasteiger partial charge in [-0.05, 0) is 31.9 Å². The second-order valence-electron chi connectivity index (χ2n) is 10.1. The average molecular weight is 628 g/mol. The number of rotatable bonds is 21. The van der Waals surface area contributed by atoms with Crippen molar-refractivity contribution in [1.82, 2.24) is 14.6 Å². The van der Waals surface area contributed by atoms with Crippen LogP contribution in [0.1, 0.15) is 64.4 Å². The fourth-order valence-corrected chi connectivity index (χ4v) is 5.59. The molecule has 2 aromatic rings. The van der Waals surface area contributed by atoms with Crippen molar-refractivity contribution >= 4 is 19.5 Å². The number of unbranched alkanes of at least 4 members (excludes halogenated alkanes) is 4. The molecule has 0 amide bonds. The molecule has 0 saturated heterocycles. The lowest BCUT2D eigenvalue weighted by molar-refractivity contribution is -0.152. The van der Waals surface area contributed by atoms with Crippen molar-refractivity contribution in [3.8, 4) is 5.75 Å². The molecule has 1 heterocycles. The van der Waals surface area contributed by atoms with Crippen LogP contribution in [0.2, 0.25) is 0 Å². The first-order chi connectivity index (χ1) is 20.6. The number of aromatic amines is 1. The highest BCUT2D eigenvalue weighted by Gasteiger charge is 2.36. The molecule has 1 aromatic carbocycles. The minimum absolute atomic E-state index is 0.105. The number of ether oxygens (including phenoxy) is 3. The van der Waals surface area contributed by atoms with Gasteiger partial charge >= 0.3 is 25.1 Å². The first-order valence-corrected chi connectivity index (χ1v) is 16.3. The number of aromatic nitrogens is 2. The zero-order chi connectivity index (χ0) is 31.7. The fourth-order valence-electron chi connectivity index (χ4n) is 3.87. The summed E-state index contributed by atoms with van der Waals surface area (Å²) in [4.78, 5) is 51.7. The van der Waals surface area contributed by atoms with Gasteiger partial charge in [-0.25, -0.2) is 14.3 Å². The van der Waals surface area contributed by atoms with E-state index in [-0.39, 0.29) is 31.1 Å². The number of carbonyl (C=O) groups excluding carboxylic acids is 2. The van der Waals surface area contributed by atoms with E-state index in [0.29, 0.717) is 12.8 Å². The number of nitrogens with one attached hydrogen (secondary N) is 2. The maximum Gasteiger partial charge on any atom is 0.342 e. The molecule has 1 unspecified atom stereocenters. The Morgan fingerprint density at radius 2 is 1.67 bits per heavy atom. The van der Waals surface area contributed by atoms with E-state index in [1.165, 1.54) is 25.3 Å². The van der Waals surface area contributed by atoms with Crippen molar-refractivity contribution in [2.24, 2.45) is 0 Å². The summed E-state index contributed by atoms with van der Waals surface area (Å²) in [5, 5.41) is 2.62. The number of nitrogens with zero attached hydrogens (tertiary/aromatic N) is 1. The van der Waals surface area contributed by atoms with Crippen LogP contribution in [0.5, 0.6) is 5.75 Å². The number of aryl methyl sites for hydroxylation is 1. The minimum atomic E-state index is -4.18. The molecule has 0 aliphatic carbocycles. The molecular weight excluding hydrogens is 584 g/mol. The molecular formula is C29H43FN3O9P. The maximum atomic E-state index is 14.1. The molecule has 2 rings (SSSR count). The van der Waals surface area contributed by atoms with Crippen LogP contribution in [0.15, 0.2) is 46.1 Å². The molecule has 12 nitrogen and oxygen atoms in total. The third-order valence-electron chi connectivity index (χ3n) is 6.25. The Labute approximate surface area is 250 Å². The summed E-state index contributed by atoms with van der Waals surface area (Å²) in [6.07, 6.45) is 3.60. The number of carbonyl (C=O) groups is 2. The predicted octanol–water partition coefficient (Wildman–Crippen LogP) is 4.24. The zero-order valence-corrected chi connectivity index (χ0v) is 25.9. The quantitative estimate of drug-likeness (QED) is 0.117. The Balaban J connectivity index is 2.26. The van der Waals surface area contributed by atoms with E-state index in [1.807, 2.05) is 13.8 Å². The van der Waals surface area contributed by atoms with E-state index in [4.69, 9.17) is 18.7 Å². The summed E-state index contributed by atoms with van der Waals surface area (Å²) in [5.41, 5.74) is -1.10. The van der Waals surface area contributed by atoms with Gasteiger partial charge in [-0.2, -0.15) is 0 Å². The Morgan fingerprint density at radius 1 is 1.02 bits per heavy atom. The molecule has 240 valence electrons. The van der Waals surface area contributed by atoms with Gasteiger partial charge in [-0.3, -0.25) is 28.5 Å². The molecule has 0 radical (unpaired) electrons. The van der Waals surface area contributed by atoms with Gasteiger partial charge in [-0.1, -0.05) is 57.7 Å². The lowest BCUT2D eigenvalue weighted by atomic mass is 10.2. The van der Waals surface area contributed by atoms with E-state index < -0.39 is 62.3 Å². The molecule has 0 bridgehead atoms. The van der Waals surface area contributed by atoms with Crippen LogP contribution in [0.4, 0.5) is 4.39 Å². The lowest BCUT2D eigenvalue weighted by Crippen LogP contribution is -2.41. The van der Waals surface area contributed by atoms with E-state index in [0.717, 1.165) is 30.3 Å². The van der Waals surface area contributed by atoms with Gasteiger partial charge in [0, 0.05) is 11.8 Å². The number of alkyl halides is 1. The number of hydrogen-bond donors (Lipinski definition) is 2. The summed E-state index contributed by atoms with van der Waals surface area (Å²) >= 11 is 0. The Hall–Kier alpha value is -3.28. The zero-order valence-electron chi connectivity index (χ0n) is 25.1. The van der Waals surface area contributed by atoms with Crippen molar-refractivity contribution in [3.05, 3.63) is 62.9 Å². The van der Waals surface area contributed by atoms with Crippen LogP contribution in [-0.2, 0) is 34.9 Å². The van der Waals surface area contributed by atoms with Gasteiger partial charge in [0.2, 0.25) is 0 Å². The van der Waals surface area contributed by atoms with Gasteiger partial charge in [0.15, 0.2) is 0 Å². The van der Waals surface area contributed by atoms with Gasteiger partial charge in [0.1, 0.15) is 30.9 Å². The number of benzene rings is 1. The third-order valence-corrected chi connectivity index (χ3v) is 7.95. The van der Waals surface area contributed by atoms with Crippen molar-refractivity contribution in [1.29, 1.82) is 0 Å². The number of H-pyrrole nitrogens is 1. The smallest absolute Gasteiger partial charge is 0.342 e. The second kappa shape index (κ2) is 19.1. The second-order valence-corrected chi connectivity index (χ2v) is 12.1. The highest BCUT2D eigenvalue weighted by molar-refractivity contribution is 7.57. The molecule has 0 aliphatic rings. The van der Waals surface area contributed by atoms with Crippen molar-refractivity contribution in [2.45, 2.75) is 84.4 Å². The normalized spacial score (nSPS) is 14.0. The van der Waals surface area contributed by atoms with E-state index in [9.17, 15) is 28.1 Å². The van der Waals surface area contributed by atoms with Crippen molar-refractivity contribution < 1.29 is 37.3 Å². The highest BCUT2D eigenvalue weighted by atomic mass is 31.2. The molecule has 0 aliphatic heterocycles. The summed E-state index contributed by atoms with van der Waals surface area (Å²) in [6, 6.07) is 6.65. The topological polar surface area (TPSA) is 155 Å². The average Bonchev–Trinajstić information content (AvgIpc) is 2.98. The van der Waals surface area contributed by atoms with Crippen molar-refractivity contribution in [2.75, 3.05) is 26.2 Å². The number of para-hydroxylation sites is 1. The van der Waals surface area contributed by atoms with Crippen LogP contribution >= 0.6 is 7.52 Å². The van der Waals surface area contributed by atoms with E-state index >= 15 is 0 Å². The fraction of sp³-hybridized carbons (Fsp3) is 0.586. The first kappa shape index (κ1) is 35.9. The van der Waals surface area contributed by atoms with Crippen LogP contribution < -0.4 is 20.9 Å². The summed E-state index contributed by atoms with van der Waals surface area (Å²) in [5.74, 6) is -1.35. The third kappa shape index (κ3) is 13.3. The predicted molar refractivity (Wildman–Crippen MR) is 159 cm³/mol. The number of halogens is 1. The number of esters is 2. The Kier molecular flexibility index (Phi) is 15.9. The van der Waals surface area contributed by atoms with Crippen LogP contribution in [-0.4, -0.2) is 59.9 Å². The lowest BCUT2D eigenvalue weighted by Gasteiger charge is -2.26. The summed E-state index contributed by atoms with van der Waals surface area (Å²) < 4.78 is 51.2. The minimum Gasteiger partial charge on any atom is -0.466 e. The molecule has 3 atom stereocenters. The molecule has 2 N–H and O–H groups in total. The SMILES string of the molecule is CCCCCOC(=O)C[C@H](NP(=O)(CO[C@H](CF)Cn1cc(C)c(=O)[nH]c1=O)Oc1ccccc1)C(=O)OCCCCC. The van der Waals surface area contributed by atoms with Gasteiger partial charge in [0.25, 0.3) is 5.56 Å². The summed E-state index contributed by atoms with van der Waals surface area (Å²) in [7, 11) is -4.18. The molecule has 0 fully saturated rings. The molecule has 0 saturated carbocycles. The van der Waals surface area contributed by atoms with Crippen LogP contribution in [0.3, 0.4) is 0 Å². The summed E-state index contributed by atoms with van der Waals surface area (Å²) in [6.45, 7) is 4.41. The molecule has 0 spiro atoms. The van der Waals surface area contributed by atoms with E-state index in [1.54, 1.807) is 18.2 Å². The van der Waals surface area contributed by atoms with E-state index in [2.05, 4.69) is 10.1 Å². The Bertz CT molecular complexity index is 1300. The molecule has 43 heavy (non-hydrogen) atoms. The highest BCUT2D eigenvalue weighted by Crippen LogP contribution is 2.44. The number of hydrogen-bond acceptors (Lipinski definition) is 9. The monoisotopic (exact) mass is 627 g/mol.